The second-order valence-corrected chi connectivity index (χ2v) is 10.0. The van der Waals surface area contributed by atoms with Crippen LogP contribution in [-0.4, -0.2) is 28.6 Å². The Hall–Kier alpha value is -3.31. The molecule has 1 amide bonds. The third kappa shape index (κ3) is 7.83. The summed E-state index contributed by atoms with van der Waals surface area (Å²) < 4.78 is 8.40. The van der Waals surface area contributed by atoms with Gasteiger partial charge in [0.05, 0.1) is 24.1 Å². The van der Waals surface area contributed by atoms with Crippen LogP contribution < -0.4 is 10.1 Å². The molecule has 4 aromatic rings. The molecule has 0 aliphatic heterocycles. The van der Waals surface area contributed by atoms with E-state index in [4.69, 9.17) is 21.3 Å². The van der Waals surface area contributed by atoms with Crippen molar-refractivity contribution in [3.8, 4) is 5.75 Å². The van der Waals surface area contributed by atoms with Crippen molar-refractivity contribution < 1.29 is 9.53 Å². The predicted molar refractivity (Wildman–Crippen MR) is 151 cm³/mol. The van der Waals surface area contributed by atoms with Gasteiger partial charge >= 0.3 is 0 Å². The Kier molecular flexibility index (Phi) is 9.61. The molecule has 0 unspecified atom stereocenters. The first-order chi connectivity index (χ1) is 18.0. The van der Waals surface area contributed by atoms with Crippen LogP contribution in [0.4, 0.5) is 0 Å². The lowest BCUT2D eigenvalue weighted by Gasteiger charge is -2.12. The molecule has 1 heterocycles. The molecule has 37 heavy (non-hydrogen) atoms. The summed E-state index contributed by atoms with van der Waals surface area (Å²) >= 11 is 5.91. The van der Waals surface area contributed by atoms with Crippen LogP contribution in [0.2, 0.25) is 5.02 Å². The van der Waals surface area contributed by atoms with Gasteiger partial charge in [-0.2, -0.15) is 0 Å². The molecule has 0 spiro atoms. The number of halogens is 1. The normalized spacial score (nSPS) is 11.1. The summed E-state index contributed by atoms with van der Waals surface area (Å²) in [5.41, 5.74) is 5.62. The first-order valence-corrected chi connectivity index (χ1v) is 13.5. The topological polar surface area (TPSA) is 56.1 Å². The Labute approximate surface area is 224 Å². The van der Waals surface area contributed by atoms with Gasteiger partial charge in [-0.25, -0.2) is 4.98 Å². The molecular weight excluding hydrogens is 482 g/mol. The summed E-state index contributed by atoms with van der Waals surface area (Å²) in [6.07, 6.45) is 5.26. The van der Waals surface area contributed by atoms with Crippen molar-refractivity contribution in [3.05, 3.63) is 94.3 Å². The molecule has 0 aliphatic carbocycles. The molecule has 1 aromatic heterocycles. The van der Waals surface area contributed by atoms with Crippen LogP contribution in [0.15, 0.2) is 66.7 Å². The number of imidazole rings is 1. The van der Waals surface area contributed by atoms with Gasteiger partial charge < -0.3 is 14.6 Å². The third-order valence-electron chi connectivity index (χ3n) is 6.52. The first kappa shape index (κ1) is 26.7. The predicted octanol–water partition coefficient (Wildman–Crippen LogP) is 6.85. The summed E-state index contributed by atoms with van der Waals surface area (Å²) in [4.78, 5) is 17.1. The number of para-hydroxylation sites is 2. The quantitative estimate of drug-likeness (QED) is 0.197. The standard InChI is InChI=1S/C31H36ClN3O2/c1-23-12-17-29(24(2)21-23)37-20-8-19-35-28-10-6-5-9-27(28)34-30(35)11-4-3-7-18-33-31(36)22-25-13-15-26(32)16-14-25/h5-6,9-10,12-17,21H,3-4,7-8,11,18-20,22H2,1-2H3,(H,33,36). The van der Waals surface area contributed by atoms with Crippen molar-refractivity contribution in [3.63, 3.8) is 0 Å². The van der Waals surface area contributed by atoms with Crippen molar-refractivity contribution in [2.45, 2.75) is 58.9 Å². The molecule has 0 fully saturated rings. The summed E-state index contributed by atoms with van der Waals surface area (Å²) in [7, 11) is 0. The maximum Gasteiger partial charge on any atom is 0.224 e. The van der Waals surface area contributed by atoms with Crippen molar-refractivity contribution in [1.82, 2.24) is 14.9 Å². The molecule has 1 N–H and O–H groups in total. The molecule has 0 saturated heterocycles. The summed E-state index contributed by atoms with van der Waals surface area (Å²) in [5, 5.41) is 3.71. The van der Waals surface area contributed by atoms with E-state index in [0.29, 0.717) is 24.6 Å². The summed E-state index contributed by atoms with van der Waals surface area (Å²) in [6.45, 7) is 6.43. The fourth-order valence-corrected chi connectivity index (χ4v) is 4.72. The number of benzene rings is 3. The number of ether oxygens (including phenoxy) is 1. The molecule has 0 bridgehead atoms. The Bertz CT molecular complexity index is 1310. The van der Waals surface area contributed by atoms with Crippen LogP contribution in [0.25, 0.3) is 11.0 Å². The lowest BCUT2D eigenvalue weighted by Crippen LogP contribution is -2.26. The number of amides is 1. The van der Waals surface area contributed by atoms with Crippen molar-refractivity contribution in [2.24, 2.45) is 0 Å². The van der Waals surface area contributed by atoms with Crippen molar-refractivity contribution in [1.29, 1.82) is 0 Å². The Morgan fingerprint density at radius 1 is 0.973 bits per heavy atom. The maximum atomic E-state index is 12.2. The molecule has 4 rings (SSSR count). The number of unbranched alkanes of at least 4 members (excludes halogenated alkanes) is 2. The van der Waals surface area contributed by atoms with Gasteiger partial charge in [-0.3, -0.25) is 4.79 Å². The van der Waals surface area contributed by atoms with E-state index in [2.05, 4.69) is 60.1 Å². The molecule has 3 aromatic carbocycles. The van der Waals surface area contributed by atoms with Gasteiger partial charge in [-0.15, -0.1) is 0 Å². The van der Waals surface area contributed by atoms with Gasteiger partial charge in [-0.1, -0.05) is 60.0 Å². The highest BCUT2D eigenvalue weighted by molar-refractivity contribution is 6.30. The zero-order valence-electron chi connectivity index (χ0n) is 21.8. The maximum absolute atomic E-state index is 12.2. The molecule has 0 atom stereocenters. The summed E-state index contributed by atoms with van der Waals surface area (Å²) in [6, 6.07) is 22.1. The van der Waals surface area contributed by atoms with Gasteiger partial charge in [0, 0.05) is 24.5 Å². The zero-order chi connectivity index (χ0) is 26.0. The molecule has 5 nitrogen and oxygen atoms in total. The number of aryl methyl sites for hydroxylation is 4. The van der Waals surface area contributed by atoms with Crippen LogP contribution in [0.5, 0.6) is 5.75 Å². The largest absolute Gasteiger partial charge is 0.493 e. The third-order valence-corrected chi connectivity index (χ3v) is 6.78. The van der Waals surface area contributed by atoms with Crippen LogP contribution >= 0.6 is 11.6 Å². The zero-order valence-corrected chi connectivity index (χ0v) is 22.6. The number of aromatic nitrogens is 2. The van der Waals surface area contributed by atoms with E-state index >= 15 is 0 Å². The minimum atomic E-state index is 0.0483. The number of nitrogens with one attached hydrogen (secondary N) is 1. The monoisotopic (exact) mass is 517 g/mol. The molecule has 0 saturated carbocycles. The number of fused-ring (bicyclic) bond motifs is 1. The highest BCUT2D eigenvalue weighted by Crippen LogP contribution is 2.21. The number of hydrogen-bond donors (Lipinski definition) is 1. The molecule has 0 radical (unpaired) electrons. The second-order valence-electron chi connectivity index (χ2n) is 9.60. The Morgan fingerprint density at radius 3 is 2.59 bits per heavy atom. The van der Waals surface area contributed by atoms with Gasteiger partial charge in [-0.05, 0) is 74.6 Å². The number of carbonyl (C=O) groups is 1. The SMILES string of the molecule is Cc1ccc(OCCCn2c(CCCCCNC(=O)Cc3ccc(Cl)cc3)nc3ccccc32)c(C)c1. The van der Waals surface area contributed by atoms with E-state index in [0.717, 1.165) is 61.3 Å². The van der Waals surface area contributed by atoms with E-state index in [-0.39, 0.29) is 5.91 Å². The van der Waals surface area contributed by atoms with Gasteiger partial charge in [0.15, 0.2) is 0 Å². The first-order valence-electron chi connectivity index (χ1n) is 13.1. The summed E-state index contributed by atoms with van der Waals surface area (Å²) in [5.74, 6) is 2.13. The minimum Gasteiger partial charge on any atom is -0.493 e. The number of hydrogen-bond acceptors (Lipinski definition) is 3. The lowest BCUT2D eigenvalue weighted by molar-refractivity contribution is -0.120. The molecule has 194 valence electrons. The molecule has 0 aliphatic rings. The van der Waals surface area contributed by atoms with Gasteiger partial charge in [0.1, 0.15) is 11.6 Å². The smallest absolute Gasteiger partial charge is 0.224 e. The van der Waals surface area contributed by atoms with Crippen LogP contribution in [0.3, 0.4) is 0 Å². The van der Waals surface area contributed by atoms with E-state index in [1.807, 2.05) is 30.3 Å². The highest BCUT2D eigenvalue weighted by atomic mass is 35.5. The van der Waals surface area contributed by atoms with E-state index < -0.39 is 0 Å². The van der Waals surface area contributed by atoms with Crippen molar-refractivity contribution >= 4 is 28.5 Å². The fourth-order valence-electron chi connectivity index (χ4n) is 4.59. The average Bonchev–Trinajstić information content (AvgIpc) is 3.23. The van der Waals surface area contributed by atoms with Crippen LogP contribution in [-0.2, 0) is 24.2 Å². The van der Waals surface area contributed by atoms with Crippen LogP contribution in [0, 0.1) is 13.8 Å². The van der Waals surface area contributed by atoms with E-state index in [1.54, 1.807) is 0 Å². The molecule has 6 heteroatoms. The highest BCUT2D eigenvalue weighted by Gasteiger charge is 2.11. The van der Waals surface area contributed by atoms with Crippen molar-refractivity contribution in [2.75, 3.05) is 13.2 Å². The van der Waals surface area contributed by atoms with E-state index in [1.165, 1.54) is 16.6 Å². The van der Waals surface area contributed by atoms with Gasteiger partial charge in [0.25, 0.3) is 0 Å². The minimum absolute atomic E-state index is 0.0483. The lowest BCUT2D eigenvalue weighted by atomic mass is 10.1. The van der Waals surface area contributed by atoms with Gasteiger partial charge in [0.2, 0.25) is 5.91 Å². The fraction of sp³-hybridized carbons (Fsp3) is 0.355. The second kappa shape index (κ2) is 13.3. The Morgan fingerprint density at radius 2 is 1.78 bits per heavy atom. The number of nitrogens with zero attached hydrogens (tertiary/aromatic N) is 2. The average molecular weight is 518 g/mol. The number of rotatable bonds is 13. The van der Waals surface area contributed by atoms with Crippen LogP contribution in [0.1, 0.15) is 48.2 Å². The number of carbonyl (C=O) groups excluding carboxylic acids is 1. The molecular formula is C31H36ClN3O2. The Balaban J connectivity index is 1.22. The van der Waals surface area contributed by atoms with E-state index in [9.17, 15) is 4.79 Å².